The summed E-state index contributed by atoms with van der Waals surface area (Å²) in [6, 6.07) is 11.6. The molecule has 2 aliphatic heterocycles. The summed E-state index contributed by atoms with van der Waals surface area (Å²) in [5.41, 5.74) is 2.07. The van der Waals surface area contributed by atoms with Crippen LogP contribution < -0.4 is 18.9 Å². The fraction of sp³-hybridized carbons (Fsp3) is 0.318. The largest absolute Gasteiger partial charge is 0.493 e. The first-order valence-corrected chi connectivity index (χ1v) is 9.26. The number of hydrogen-bond acceptors (Lipinski definition) is 5. The van der Waals surface area contributed by atoms with E-state index in [2.05, 4.69) is 6.07 Å². The van der Waals surface area contributed by atoms with Crippen LogP contribution in [0.2, 0.25) is 0 Å². The summed E-state index contributed by atoms with van der Waals surface area (Å²) >= 11 is 0. The van der Waals surface area contributed by atoms with Crippen molar-refractivity contribution in [3.63, 3.8) is 0 Å². The van der Waals surface area contributed by atoms with Crippen molar-refractivity contribution in [3.8, 4) is 23.0 Å². The van der Waals surface area contributed by atoms with Crippen LogP contribution >= 0.6 is 0 Å². The first kappa shape index (κ1) is 18.2. The third kappa shape index (κ3) is 3.63. The average Bonchev–Trinajstić information content (AvgIpc) is 3.40. The molecule has 0 radical (unpaired) electrons. The standard InChI is InChI=1S/C22H23NO5/c1-25-18-6-3-15(11-20(18)26-2)4-8-22(24)23-10-9-17(13-23)16-5-7-19-21(12-16)28-14-27-19/h3-8,11-12,17H,9-10,13-14H2,1-2H3/b8-4+. The minimum absolute atomic E-state index is 0.0121. The molecule has 2 aliphatic rings. The van der Waals surface area contributed by atoms with Crippen LogP contribution in [-0.4, -0.2) is 44.9 Å². The molecule has 6 nitrogen and oxygen atoms in total. The van der Waals surface area contributed by atoms with E-state index in [4.69, 9.17) is 18.9 Å². The lowest BCUT2D eigenvalue weighted by molar-refractivity contribution is -0.124. The number of methoxy groups -OCH3 is 2. The minimum atomic E-state index is 0.0121. The molecule has 6 heteroatoms. The highest BCUT2D eigenvalue weighted by Crippen LogP contribution is 2.37. The summed E-state index contributed by atoms with van der Waals surface area (Å²) in [7, 11) is 3.19. The molecule has 146 valence electrons. The predicted molar refractivity (Wildman–Crippen MR) is 105 cm³/mol. The average molecular weight is 381 g/mol. The van der Waals surface area contributed by atoms with Crippen molar-refractivity contribution >= 4 is 12.0 Å². The van der Waals surface area contributed by atoms with Crippen molar-refractivity contribution in [2.75, 3.05) is 34.1 Å². The molecule has 1 saturated heterocycles. The van der Waals surface area contributed by atoms with E-state index in [1.54, 1.807) is 26.4 Å². The Morgan fingerprint density at radius 2 is 1.89 bits per heavy atom. The van der Waals surface area contributed by atoms with Crippen LogP contribution in [-0.2, 0) is 4.79 Å². The van der Waals surface area contributed by atoms with Crippen molar-refractivity contribution in [1.29, 1.82) is 0 Å². The van der Waals surface area contributed by atoms with Gasteiger partial charge in [0, 0.05) is 25.1 Å². The van der Waals surface area contributed by atoms with Gasteiger partial charge < -0.3 is 23.8 Å². The number of amides is 1. The normalized spacial score (nSPS) is 17.9. The van der Waals surface area contributed by atoms with E-state index in [0.29, 0.717) is 24.0 Å². The highest BCUT2D eigenvalue weighted by Gasteiger charge is 2.27. The maximum absolute atomic E-state index is 12.6. The zero-order valence-electron chi connectivity index (χ0n) is 16.0. The molecule has 0 N–H and O–H groups in total. The first-order chi connectivity index (χ1) is 13.7. The summed E-state index contributed by atoms with van der Waals surface area (Å²) in [6.45, 7) is 1.72. The van der Waals surface area contributed by atoms with Gasteiger partial charge in [-0.15, -0.1) is 0 Å². The van der Waals surface area contributed by atoms with E-state index >= 15 is 0 Å². The lowest BCUT2D eigenvalue weighted by Gasteiger charge is -2.15. The summed E-state index contributed by atoms with van der Waals surface area (Å²) < 4.78 is 21.4. The highest BCUT2D eigenvalue weighted by atomic mass is 16.7. The smallest absolute Gasteiger partial charge is 0.246 e. The Balaban J connectivity index is 1.40. The second-order valence-corrected chi connectivity index (χ2v) is 6.83. The number of benzene rings is 2. The van der Waals surface area contributed by atoms with Gasteiger partial charge in [-0.2, -0.15) is 0 Å². The van der Waals surface area contributed by atoms with Gasteiger partial charge in [0.1, 0.15) is 0 Å². The number of nitrogens with zero attached hydrogens (tertiary/aromatic N) is 1. The van der Waals surface area contributed by atoms with E-state index < -0.39 is 0 Å². The molecule has 1 atom stereocenters. The number of ether oxygens (including phenoxy) is 4. The van der Waals surface area contributed by atoms with Crippen molar-refractivity contribution in [2.24, 2.45) is 0 Å². The maximum atomic E-state index is 12.6. The molecule has 0 saturated carbocycles. The summed E-state index contributed by atoms with van der Waals surface area (Å²) in [6.07, 6.45) is 4.36. The van der Waals surface area contributed by atoms with Crippen LogP contribution in [0.15, 0.2) is 42.5 Å². The zero-order valence-corrected chi connectivity index (χ0v) is 16.0. The molecular formula is C22H23NO5. The molecule has 1 unspecified atom stereocenters. The van der Waals surface area contributed by atoms with Gasteiger partial charge in [-0.05, 0) is 47.9 Å². The Bertz CT molecular complexity index is 908. The number of fused-ring (bicyclic) bond motifs is 1. The van der Waals surface area contributed by atoms with Crippen LogP contribution in [0.3, 0.4) is 0 Å². The molecular weight excluding hydrogens is 358 g/mol. The topological polar surface area (TPSA) is 57.2 Å². The van der Waals surface area contributed by atoms with Gasteiger partial charge in [0.25, 0.3) is 0 Å². The van der Waals surface area contributed by atoms with Crippen LogP contribution in [0.25, 0.3) is 6.08 Å². The third-order valence-electron chi connectivity index (χ3n) is 5.19. The fourth-order valence-electron chi connectivity index (χ4n) is 3.63. The molecule has 2 heterocycles. The Morgan fingerprint density at radius 1 is 1.07 bits per heavy atom. The first-order valence-electron chi connectivity index (χ1n) is 9.26. The maximum Gasteiger partial charge on any atom is 0.246 e. The molecule has 2 aromatic rings. The van der Waals surface area contributed by atoms with Gasteiger partial charge in [-0.25, -0.2) is 0 Å². The predicted octanol–water partition coefficient (Wildman–Crippen LogP) is 3.46. The van der Waals surface area contributed by atoms with Crippen molar-refractivity contribution in [2.45, 2.75) is 12.3 Å². The van der Waals surface area contributed by atoms with Crippen molar-refractivity contribution < 1.29 is 23.7 Å². The van der Waals surface area contributed by atoms with Crippen LogP contribution in [0, 0.1) is 0 Å². The fourth-order valence-corrected chi connectivity index (χ4v) is 3.63. The molecule has 28 heavy (non-hydrogen) atoms. The second kappa shape index (κ2) is 7.84. The van der Waals surface area contributed by atoms with Gasteiger partial charge in [0.05, 0.1) is 14.2 Å². The van der Waals surface area contributed by atoms with Crippen molar-refractivity contribution in [1.82, 2.24) is 4.90 Å². The molecule has 1 amide bonds. The van der Waals surface area contributed by atoms with E-state index in [9.17, 15) is 4.79 Å². The molecule has 0 aromatic heterocycles. The molecule has 0 spiro atoms. The number of hydrogen-bond donors (Lipinski definition) is 0. The van der Waals surface area contributed by atoms with Gasteiger partial charge in [0.15, 0.2) is 23.0 Å². The Labute approximate surface area is 164 Å². The molecule has 1 fully saturated rings. The van der Waals surface area contributed by atoms with Crippen LogP contribution in [0.1, 0.15) is 23.5 Å². The molecule has 2 aromatic carbocycles. The minimum Gasteiger partial charge on any atom is -0.493 e. The number of carbonyl (C=O) groups is 1. The molecule has 0 bridgehead atoms. The van der Waals surface area contributed by atoms with Crippen LogP contribution in [0.4, 0.5) is 0 Å². The Morgan fingerprint density at radius 3 is 2.71 bits per heavy atom. The number of rotatable bonds is 5. The van der Waals surface area contributed by atoms with Gasteiger partial charge in [-0.3, -0.25) is 4.79 Å². The second-order valence-electron chi connectivity index (χ2n) is 6.83. The summed E-state index contributed by atoms with van der Waals surface area (Å²) in [5.74, 6) is 3.20. The molecule has 4 rings (SSSR count). The van der Waals surface area contributed by atoms with Gasteiger partial charge in [-0.1, -0.05) is 12.1 Å². The quantitative estimate of drug-likeness (QED) is 0.743. The SMILES string of the molecule is COc1ccc(/C=C/C(=O)N2CCC(c3ccc4c(c3)OCO4)C2)cc1OC. The zero-order chi connectivity index (χ0) is 19.5. The Hall–Kier alpha value is -3.15. The number of carbonyl (C=O) groups excluding carboxylic acids is 1. The summed E-state index contributed by atoms with van der Waals surface area (Å²) in [5, 5.41) is 0. The van der Waals surface area contributed by atoms with E-state index in [1.807, 2.05) is 35.2 Å². The van der Waals surface area contributed by atoms with Gasteiger partial charge >= 0.3 is 0 Å². The van der Waals surface area contributed by atoms with E-state index in [-0.39, 0.29) is 12.7 Å². The molecule has 0 aliphatic carbocycles. The van der Waals surface area contributed by atoms with E-state index in [0.717, 1.165) is 30.0 Å². The summed E-state index contributed by atoms with van der Waals surface area (Å²) in [4.78, 5) is 14.5. The van der Waals surface area contributed by atoms with Crippen molar-refractivity contribution in [3.05, 3.63) is 53.6 Å². The van der Waals surface area contributed by atoms with Crippen LogP contribution in [0.5, 0.6) is 23.0 Å². The van der Waals surface area contributed by atoms with Gasteiger partial charge in [0.2, 0.25) is 12.7 Å². The monoisotopic (exact) mass is 381 g/mol. The number of likely N-dealkylation sites (tertiary alicyclic amines) is 1. The third-order valence-corrected chi connectivity index (χ3v) is 5.19. The van der Waals surface area contributed by atoms with E-state index in [1.165, 1.54) is 5.56 Å². The Kier molecular flexibility index (Phi) is 5.10. The lowest BCUT2D eigenvalue weighted by atomic mass is 9.98. The lowest BCUT2D eigenvalue weighted by Crippen LogP contribution is -2.26. The highest BCUT2D eigenvalue weighted by molar-refractivity contribution is 5.92.